The van der Waals surface area contributed by atoms with E-state index >= 15 is 0 Å². The van der Waals surface area contributed by atoms with Gasteiger partial charge in [-0.3, -0.25) is 0 Å². The van der Waals surface area contributed by atoms with Crippen LogP contribution in [0.25, 0.3) is 11.4 Å². The fourth-order valence-corrected chi connectivity index (χ4v) is 1.63. The van der Waals surface area contributed by atoms with Gasteiger partial charge in [-0.2, -0.15) is 0 Å². The van der Waals surface area contributed by atoms with Gasteiger partial charge in [-0.1, -0.05) is 10.4 Å². The van der Waals surface area contributed by atoms with E-state index in [1.54, 1.807) is 6.20 Å². The van der Waals surface area contributed by atoms with E-state index in [9.17, 15) is 10.2 Å². The number of rotatable bonds is 2. The van der Waals surface area contributed by atoms with Crippen molar-refractivity contribution in [2.75, 3.05) is 0 Å². The van der Waals surface area contributed by atoms with Crippen molar-refractivity contribution in [3.8, 4) is 22.9 Å². The molecule has 0 bridgehead atoms. The third-order valence-corrected chi connectivity index (χ3v) is 2.43. The fraction of sp³-hybridized carbons (Fsp3) is 0. The zero-order chi connectivity index (χ0) is 12.5. The lowest BCUT2D eigenvalue weighted by molar-refractivity contribution is 0.438. The standard InChI is InChI=1S/C10H8N6O2/c17-8-2-1-7(15-5-3-11-13-15)10(18)9(8)16-6-4-12-14-16/h1-6,17-18H. The number of phenols is 2. The molecule has 0 saturated carbocycles. The predicted molar refractivity (Wildman–Crippen MR) is 59.6 cm³/mol. The first-order valence-corrected chi connectivity index (χ1v) is 5.05. The highest BCUT2D eigenvalue weighted by molar-refractivity contribution is 5.64. The second kappa shape index (κ2) is 3.84. The maximum absolute atomic E-state index is 10.2. The SMILES string of the molecule is Oc1ccc(-n2ccnn2)c(O)c1-n1ccnn1. The van der Waals surface area contributed by atoms with E-state index in [2.05, 4.69) is 20.6 Å². The number of hydrogen-bond acceptors (Lipinski definition) is 6. The second-order valence-electron chi connectivity index (χ2n) is 3.50. The van der Waals surface area contributed by atoms with Crippen molar-refractivity contribution < 1.29 is 10.2 Å². The molecule has 0 unspecified atom stereocenters. The Kier molecular flexibility index (Phi) is 2.19. The fourth-order valence-electron chi connectivity index (χ4n) is 1.63. The quantitative estimate of drug-likeness (QED) is 0.670. The summed E-state index contributed by atoms with van der Waals surface area (Å²) in [7, 11) is 0. The molecule has 0 aliphatic rings. The van der Waals surface area contributed by atoms with Crippen LogP contribution in [-0.2, 0) is 0 Å². The molecule has 0 atom stereocenters. The Bertz CT molecular complexity index is 662. The van der Waals surface area contributed by atoms with Crippen molar-refractivity contribution >= 4 is 0 Å². The molecule has 3 aromatic rings. The number of nitrogens with zero attached hydrogens (tertiary/aromatic N) is 6. The molecule has 0 saturated heterocycles. The summed E-state index contributed by atoms with van der Waals surface area (Å²) in [4.78, 5) is 0. The van der Waals surface area contributed by atoms with Gasteiger partial charge in [-0.05, 0) is 12.1 Å². The molecule has 0 aliphatic carbocycles. The van der Waals surface area contributed by atoms with Crippen LogP contribution in [0.5, 0.6) is 11.5 Å². The Morgan fingerprint density at radius 1 is 0.889 bits per heavy atom. The van der Waals surface area contributed by atoms with Crippen LogP contribution < -0.4 is 0 Å². The number of phenolic OH excluding ortho intramolecular Hbond substituents is 2. The van der Waals surface area contributed by atoms with Crippen molar-refractivity contribution in [2.24, 2.45) is 0 Å². The van der Waals surface area contributed by atoms with E-state index in [0.717, 1.165) is 0 Å². The lowest BCUT2D eigenvalue weighted by Gasteiger charge is -2.10. The summed E-state index contributed by atoms with van der Waals surface area (Å²) in [6.07, 6.45) is 6.03. The van der Waals surface area contributed by atoms with Crippen molar-refractivity contribution in [3.63, 3.8) is 0 Å². The molecule has 2 N–H and O–H groups in total. The van der Waals surface area contributed by atoms with Crippen LogP contribution in [0.2, 0.25) is 0 Å². The Hall–Kier alpha value is -2.90. The van der Waals surface area contributed by atoms with Gasteiger partial charge in [0.1, 0.15) is 11.4 Å². The molecule has 2 heterocycles. The minimum absolute atomic E-state index is 0.109. The third kappa shape index (κ3) is 1.47. The molecule has 2 aromatic heterocycles. The van der Waals surface area contributed by atoms with Gasteiger partial charge in [0.25, 0.3) is 0 Å². The van der Waals surface area contributed by atoms with Crippen LogP contribution in [0.3, 0.4) is 0 Å². The monoisotopic (exact) mass is 244 g/mol. The topological polar surface area (TPSA) is 102 Å². The molecular formula is C10H8N6O2. The van der Waals surface area contributed by atoms with Gasteiger partial charge in [0, 0.05) is 0 Å². The Balaban J connectivity index is 2.24. The van der Waals surface area contributed by atoms with Crippen LogP contribution in [0.1, 0.15) is 0 Å². The lowest BCUT2D eigenvalue weighted by atomic mass is 10.2. The predicted octanol–water partition coefficient (Wildman–Crippen LogP) is 0.259. The Morgan fingerprint density at radius 3 is 2.17 bits per heavy atom. The molecule has 0 aliphatic heterocycles. The number of aromatic nitrogens is 6. The van der Waals surface area contributed by atoms with Crippen LogP contribution in [0.4, 0.5) is 0 Å². The zero-order valence-corrected chi connectivity index (χ0v) is 9.04. The van der Waals surface area contributed by atoms with Crippen molar-refractivity contribution in [3.05, 3.63) is 36.9 Å². The van der Waals surface area contributed by atoms with Gasteiger partial charge >= 0.3 is 0 Å². The first-order valence-electron chi connectivity index (χ1n) is 5.05. The Morgan fingerprint density at radius 2 is 1.56 bits per heavy atom. The van der Waals surface area contributed by atoms with Crippen molar-refractivity contribution in [2.45, 2.75) is 0 Å². The largest absolute Gasteiger partial charge is 0.506 e. The highest BCUT2D eigenvalue weighted by Crippen LogP contribution is 2.35. The smallest absolute Gasteiger partial charge is 0.171 e. The van der Waals surface area contributed by atoms with E-state index in [4.69, 9.17) is 0 Å². The molecule has 18 heavy (non-hydrogen) atoms. The minimum atomic E-state index is -0.161. The summed E-state index contributed by atoms with van der Waals surface area (Å²) >= 11 is 0. The van der Waals surface area contributed by atoms with E-state index in [1.165, 1.54) is 40.1 Å². The molecule has 3 rings (SSSR count). The molecule has 0 fully saturated rings. The van der Waals surface area contributed by atoms with E-state index in [0.29, 0.717) is 5.69 Å². The Labute approximate surface area is 101 Å². The molecule has 8 nitrogen and oxygen atoms in total. The number of benzene rings is 1. The number of aromatic hydroxyl groups is 2. The molecule has 1 aromatic carbocycles. The van der Waals surface area contributed by atoms with Gasteiger partial charge in [-0.15, -0.1) is 10.2 Å². The second-order valence-corrected chi connectivity index (χ2v) is 3.50. The van der Waals surface area contributed by atoms with Gasteiger partial charge in [0.15, 0.2) is 11.4 Å². The number of hydrogen-bond donors (Lipinski definition) is 2. The maximum atomic E-state index is 10.2. The summed E-state index contributed by atoms with van der Waals surface area (Å²) in [6, 6.07) is 2.97. The van der Waals surface area contributed by atoms with Crippen LogP contribution in [0.15, 0.2) is 36.9 Å². The summed E-state index contributed by atoms with van der Waals surface area (Å²) in [5.74, 6) is -0.270. The molecular weight excluding hydrogens is 236 g/mol. The molecule has 0 amide bonds. The van der Waals surface area contributed by atoms with Gasteiger partial charge in [0.05, 0.1) is 24.8 Å². The first kappa shape index (κ1) is 10.3. The van der Waals surface area contributed by atoms with E-state index in [1.807, 2.05) is 0 Å². The van der Waals surface area contributed by atoms with Crippen LogP contribution in [0, 0.1) is 0 Å². The molecule has 90 valence electrons. The highest BCUT2D eigenvalue weighted by atomic mass is 16.3. The van der Waals surface area contributed by atoms with Crippen LogP contribution >= 0.6 is 0 Å². The maximum Gasteiger partial charge on any atom is 0.171 e. The molecule has 0 spiro atoms. The van der Waals surface area contributed by atoms with Crippen LogP contribution in [-0.4, -0.2) is 40.2 Å². The summed E-state index contributed by atoms with van der Waals surface area (Å²) in [5, 5.41) is 34.8. The molecule has 8 heteroatoms. The average molecular weight is 244 g/mol. The summed E-state index contributed by atoms with van der Waals surface area (Å²) in [6.45, 7) is 0. The van der Waals surface area contributed by atoms with Crippen molar-refractivity contribution in [1.29, 1.82) is 0 Å². The van der Waals surface area contributed by atoms with E-state index in [-0.39, 0.29) is 17.2 Å². The molecule has 0 radical (unpaired) electrons. The zero-order valence-electron chi connectivity index (χ0n) is 9.04. The normalized spacial score (nSPS) is 10.7. The average Bonchev–Trinajstić information content (AvgIpc) is 3.01. The summed E-state index contributed by atoms with van der Waals surface area (Å²) in [5.41, 5.74) is 0.524. The highest BCUT2D eigenvalue weighted by Gasteiger charge is 2.16. The van der Waals surface area contributed by atoms with E-state index < -0.39 is 0 Å². The van der Waals surface area contributed by atoms with Gasteiger partial charge in [-0.25, -0.2) is 9.36 Å². The lowest BCUT2D eigenvalue weighted by Crippen LogP contribution is -2.01. The van der Waals surface area contributed by atoms with Gasteiger partial charge in [0.2, 0.25) is 0 Å². The summed E-state index contributed by atoms with van der Waals surface area (Å²) < 4.78 is 2.65. The minimum Gasteiger partial charge on any atom is -0.506 e. The third-order valence-electron chi connectivity index (χ3n) is 2.43. The first-order chi connectivity index (χ1) is 8.77. The van der Waals surface area contributed by atoms with Gasteiger partial charge < -0.3 is 10.2 Å². The van der Waals surface area contributed by atoms with Crippen molar-refractivity contribution in [1.82, 2.24) is 30.0 Å².